The standard InChI is InChI=1S/C9H20O3S/c1-4-5-6-7-8-12-13(10,11)9(2)3/h9H,4-8H2,1-3H3. The first-order valence-electron chi connectivity index (χ1n) is 4.89. The lowest BCUT2D eigenvalue weighted by atomic mass is 10.2. The quantitative estimate of drug-likeness (QED) is 0.476. The SMILES string of the molecule is CCCCCCOS(=O)(=O)C(C)C. The van der Waals surface area contributed by atoms with E-state index < -0.39 is 15.4 Å². The molecule has 0 saturated carbocycles. The second-order valence-electron chi connectivity index (χ2n) is 3.42. The van der Waals surface area contributed by atoms with E-state index in [0.29, 0.717) is 6.61 Å². The van der Waals surface area contributed by atoms with Crippen LogP contribution in [0.4, 0.5) is 0 Å². The Morgan fingerprint density at radius 1 is 1.15 bits per heavy atom. The second kappa shape index (κ2) is 6.38. The predicted octanol–water partition coefficient (Wildman–Crippen LogP) is 2.32. The maximum atomic E-state index is 11.1. The molecule has 0 atom stereocenters. The van der Waals surface area contributed by atoms with Crippen molar-refractivity contribution in [2.24, 2.45) is 0 Å². The smallest absolute Gasteiger partial charge is 0.269 e. The van der Waals surface area contributed by atoms with Gasteiger partial charge >= 0.3 is 0 Å². The zero-order valence-electron chi connectivity index (χ0n) is 8.75. The minimum atomic E-state index is -3.29. The van der Waals surface area contributed by atoms with Gasteiger partial charge in [0.2, 0.25) is 0 Å². The van der Waals surface area contributed by atoms with E-state index in [0.717, 1.165) is 25.7 Å². The minimum absolute atomic E-state index is 0.334. The molecule has 0 aromatic heterocycles. The van der Waals surface area contributed by atoms with Crippen LogP contribution in [0.3, 0.4) is 0 Å². The van der Waals surface area contributed by atoms with Crippen LogP contribution in [0.15, 0.2) is 0 Å². The Balaban J connectivity index is 3.53. The van der Waals surface area contributed by atoms with E-state index >= 15 is 0 Å². The van der Waals surface area contributed by atoms with Crippen LogP contribution in [0, 0.1) is 0 Å². The van der Waals surface area contributed by atoms with Gasteiger partial charge in [-0.3, -0.25) is 4.18 Å². The van der Waals surface area contributed by atoms with Crippen LogP contribution < -0.4 is 0 Å². The van der Waals surface area contributed by atoms with Gasteiger partial charge in [0, 0.05) is 0 Å². The fraction of sp³-hybridized carbons (Fsp3) is 1.00. The van der Waals surface area contributed by atoms with Crippen molar-refractivity contribution >= 4 is 10.1 Å². The third kappa shape index (κ3) is 6.05. The van der Waals surface area contributed by atoms with Crippen molar-refractivity contribution < 1.29 is 12.6 Å². The lowest BCUT2D eigenvalue weighted by molar-refractivity contribution is 0.303. The van der Waals surface area contributed by atoms with E-state index in [2.05, 4.69) is 6.92 Å². The molecule has 0 amide bonds. The molecule has 0 aromatic carbocycles. The van der Waals surface area contributed by atoms with Gasteiger partial charge in [0.05, 0.1) is 11.9 Å². The van der Waals surface area contributed by atoms with Crippen molar-refractivity contribution in [3.63, 3.8) is 0 Å². The number of hydrogen-bond acceptors (Lipinski definition) is 3. The van der Waals surface area contributed by atoms with Crippen molar-refractivity contribution in [3.8, 4) is 0 Å². The van der Waals surface area contributed by atoms with Crippen LogP contribution in [-0.4, -0.2) is 20.3 Å². The van der Waals surface area contributed by atoms with E-state index in [4.69, 9.17) is 4.18 Å². The highest BCUT2D eigenvalue weighted by molar-refractivity contribution is 7.87. The normalized spacial score (nSPS) is 12.3. The molecule has 13 heavy (non-hydrogen) atoms. The van der Waals surface area contributed by atoms with E-state index in [9.17, 15) is 8.42 Å². The zero-order valence-corrected chi connectivity index (χ0v) is 9.56. The number of hydrogen-bond donors (Lipinski definition) is 0. The van der Waals surface area contributed by atoms with Crippen LogP contribution in [0.1, 0.15) is 46.5 Å². The number of rotatable bonds is 7. The van der Waals surface area contributed by atoms with Crippen molar-refractivity contribution in [1.82, 2.24) is 0 Å². The average Bonchev–Trinajstić information content (AvgIpc) is 2.03. The predicted molar refractivity (Wildman–Crippen MR) is 54.1 cm³/mol. The largest absolute Gasteiger partial charge is 0.270 e. The van der Waals surface area contributed by atoms with Gasteiger partial charge in [0.1, 0.15) is 0 Å². The van der Waals surface area contributed by atoms with Crippen LogP contribution in [0.2, 0.25) is 0 Å². The first kappa shape index (κ1) is 12.9. The molecule has 3 nitrogen and oxygen atoms in total. The third-order valence-corrected chi connectivity index (χ3v) is 3.47. The van der Waals surface area contributed by atoms with Crippen LogP contribution >= 0.6 is 0 Å². The summed E-state index contributed by atoms with van der Waals surface area (Å²) in [6.07, 6.45) is 4.17. The van der Waals surface area contributed by atoms with E-state index in [1.165, 1.54) is 0 Å². The van der Waals surface area contributed by atoms with Gasteiger partial charge in [-0.15, -0.1) is 0 Å². The highest BCUT2D eigenvalue weighted by Crippen LogP contribution is 2.05. The van der Waals surface area contributed by atoms with Crippen molar-refractivity contribution in [2.75, 3.05) is 6.61 Å². The molecular formula is C9H20O3S. The Kier molecular flexibility index (Phi) is 6.33. The molecule has 0 spiro atoms. The van der Waals surface area contributed by atoms with Gasteiger partial charge in [-0.25, -0.2) is 0 Å². The summed E-state index contributed by atoms with van der Waals surface area (Å²) in [5.74, 6) is 0. The Morgan fingerprint density at radius 3 is 2.23 bits per heavy atom. The van der Waals surface area contributed by atoms with Crippen LogP contribution in [0.5, 0.6) is 0 Å². The minimum Gasteiger partial charge on any atom is -0.270 e. The third-order valence-electron chi connectivity index (χ3n) is 1.82. The first-order valence-corrected chi connectivity index (χ1v) is 6.36. The molecule has 0 unspecified atom stereocenters. The van der Waals surface area contributed by atoms with E-state index in [1.54, 1.807) is 13.8 Å². The molecule has 0 fully saturated rings. The highest BCUT2D eigenvalue weighted by Gasteiger charge is 2.15. The lowest BCUT2D eigenvalue weighted by Gasteiger charge is -2.07. The lowest BCUT2D eigenvalue weighted by Crippen LogP contribution is -2.17. The summed E-state index contributed by atoms with van der Waals surface area (Å²) < 4.78 is 27.1. The summed E-state index contributed by atoms with van der Waals surface area (Å²) in [7, 11) is -3.29. The monoisotopic (exact) mass is 208 g/mol. The summed E-state index contributed by atoms with van der Waals surface area (Å²) in [5.41, 5.74) is 0. The molecule has 0 heterocycles. The molecule has 80 valence electrons. The highest BCUT2D eigenvalue weighted by atomic mass is 32.2. The topological polar surface area (TPSA) is 43.4 Å². The second-order valence-corrected chi connectivity index (χ2v) is 5.59. The van der Waals surface area contributed by atoms with Gasteiger partial charge in [0.25, 0.3) is 10.1 Å². The van der Waals surface area contributed by atoms with Gasteiger partial charge < -0.3 is 0 Å². The summed E-state index contributed by atoms with van der Waals surface area (Å²) in [4.78, 5) is 0. The van der Waals surface area contributed by atoms with Gasteiger partial charge in [-0.05, 0) is 20.3 Å². The Bertz CT molecular complexity index is 207. The fourth-order valence-electron chi connectivity index (χ4n) is 0.840. The number of unbranched alkanes of at least 4 members (excludes halogenated alkanes) is 3. The van der Waals surface area contributed by atoms with Crippen LogP contribution in [-0.2, 0) is 14.3 Å². The molecule has 0 saturated heterocycles. The maximum Gasteiger partial charge on any atom is 0.269 e. The molecule has 0 aliphatic heterocycles. The Labute approximate surface area is 81.6 Å². The molecule has 0 aromatic rings. The fourth-order valence-corrected chi connectivity index (χ4v) is 1.46. The summed E-state index contributed by atoms with van der Waals surface area (Å²) in [6.45, 7) is 5.70. The summed E-state index contributed by atoms with van der Waals surface area (Å²) in [5, 5.41) is -0.432. The molecular weight excluding hydrogens is 188 g/mol. The Morgan fingerprint density at radius 2 is 1.77 bits per heavy atom. The average molecular weight is 208 g/mol. The maximum absolute atomic E-state index is 11.1. The van der Waals surface area contributed by atoms with Gasteiger partial charge in [-0.1, -0.05) is 26.2 Å². The van der Waals surface area contributed by atoms with Crippen LogP contribution in [0.25, 0.3) is 0 Å². The molecule has 4 heteroatoms. The molecule has 0 N–H and O–H groups in total. The van der Waals surface area contributed by atoms with E-state index in [-0.39, 0.29) is 0 Å². The summed E-state index contributed by atoms with van der Waals surface area (Å²) in [6, 6.07) is 0. The van der Waals surface area contributed by atoms with Crippen molar-refractivity contribution in [3.05, 3.63) is 0 Å². The molecule has 0 aliphatic carbocycles. The van der Waals surface area contributed by atoms with Crippen molar-refractivity contribution in [2.45, 2.75) is 51.7 Å². The molecule has 0 rings (SSSR count). The molecule has 0 bridgehead atoms. The van der Waals surface area contributed by atoms with Gasteiger partial charge in [0.15, 0.2) is 0 Å². The Hall–Kier alpha value is -0.0900. The zero-order chi connectivity index (χ0) is 10.3. The van der Waals surface area contributed by atoms with Gasteiger partial charge in [-0.2, -0.15) is 8.42 Å². The van der Waals surface area contributed by atoms with E-state index in [1.807, 2.05) is 0 Å². The first-order chi connectivity index (χ1) is 6.00. The molecule has 0 radical (unpaired) electrons. The molecule has 0 aliphatic rings. The summed E-state index contributed by atoms with van der Waals surface area (Å²) >= 11 is 0. The van der Waals surface area contributed by atoms with Crippen molar-refractivity contribution in [1.29, 1.82) is 0 Å².